The third-order valence-electron chi connectivity index (χ3n) is 12.5. The van der Waals surface area contributed by atoms with E-state index in [1.807, 2.05) is 31.2 Å². The van der Waals surface area contributed by atoms with Crippen LogP contribution in [0.3, 0.4) is 0 Å². The van der Waals surface area contributed by atoms with Crippen LogP contribution in [0.25, 0.3) is 20.7 Å². The average Bonchev–Trinajstić information content (AvgIpc) is 3.86. The SMILES string of the molecule is CCOc1cc(C2C3=CCC4C(=O)N(c5cccc(C(=O)O)c5)C(=O)C4C3CC3C(=O)N(c4cc(-c5sc6ccc(Cl)cc6c5C)nn4C)C(=O)C32C)ccc1O. The van der Waals surface area contributed by atoms with Gasteiger partial charge in [-0.1, -0.05) is 35.4 Å². The molecule has 5 aromatic rings. The molecule has 2 aliphatic heterocycles. The Hall–Kier alpha value is -5.79. The van der Waals surface area contributed by atoms with E-state index in [1.165, 1.54) is 39.9 Å². The Morgan fingerprint density at radius 2 is 1.79 bits per heavy atom. The maximum absolute atomic E-state index is 15.2. The number of fused-ring (bicyclic) bond motifs is 5. The number of nitrogens with zero attached hydrogens (tertiary/aromatic N) is 4. The molecular weight excluding hydrogens is 768 g/mol. The summed E-state index contributed by atoms with van der Waals surface area (Å²) in [4.78, 5) is 73.7. The zero-order valence-electron chi connectivity index (χ0n) is 31.4. The fourth-order valence-electron chi connectivity index (χ4n) is 9.84. The van der Waals surface area contributed by atoms with Crippen LogP contribution in [0, 0.1) is 36.0 Å². The van der Waals surface area contributed by atoms with E-state index >= 15 is 4.79 Å². The van der Waals surface area contributed by atoms with Gasteiger partial charge in [0, 0.05) is 28.8 Å². The summed E-state index contributed by atoms with van der Waals surface area (Å²) in [6, 6.07) is 18.1. The minimum atomic E-state index is -1.34. The lowest BCUT2D eigenvalue weighted by Crippen LogP contribution is -2.49. The first-order valence-electron chi connectivity index (χ1n) is 18.7. The lowest BCUT2D eigenvalue weighted by atomic mass is 9.51. The summed E-state index contributed by atoms with van der Waals surface area (Å²) in [5.41, 5.74) is 1.72. The number of carbonyl (C=O) groups is 5. The number of aryl methyl sites for hydroxylation is 2. The summed E-state index contributed by atoms with van der Waals surface area (Å²) in [5, 5.41) is 26.8. The Morgan fingerprint density at radius 1 is 1.00 bits per heavy atom. The molecule has 2 aromatic heterocycles. The number of hydrogen-bond acceptors (Lipinski definition) is 9. The molecule has 0 radical (unpaired) electrons. The number of benzene rings is 3. The van der Waals surface area contributed by atoms with E-state index < -0.39 is 64.6 Å². The predicted molar refractivity (Wildman–Crippen MR) is 214 cm³/mol. The van der Waals surface area contributed by atoms with Crippen molar-refractivity contribution >= 4 is 74.1 Å². The third-order valence-corrected chi connectivity index (χ3v) is 14.0. The monoisotopic (exact) mass is 804 g/mol. The number of ether oxygens (including phenoxy) is 1. The molecule has 3 fully saturated rings. The normalized spacial score (nSPS) is 25.5. The number of phenolic OH excluding ortho intramolecular Hbond substituents is 1. The van der Waals surface area contributed by atoms with Gasteiger partial charge in [0.2, 0.25) is 23.6 Å². The molecule has 1 saturated carbocycles. The van der Waals surface area contributed by atoms with Gasteiger partial charge in [-0.25, -0.2) is 9.69 Å². The quantitative estimate of drug-likeness (QED) is 0.126. The van der Waals surface area contributed by atoms with Gasteiger partial charge in [-0.15, -0.1) is 11.3 Å². The molecule has 2 aliphatic carbocycles. The zero-order chi connectivity index (χ0) is 40.2. The van der Waals surface area contributed by atoms with E-state index in [-0.39, 0.29) is 42.2 Å². The van der Waals surface area contributed by atoms with E-state index in [9.17, 15) is 29.4 Å². The standard InChI is InChI=1S/C43H37ClN4O8S/c1-5-56-32-16-21(9-13-31(32)49)36-25-11-12-26-35(40(52)47(38(26)50)24-8-6-7-22(15-24)41(53)54)28(25)18-29-39(51)48(42(55)43(29,36)3)34-19-30(45-46(34)4)37-20(2)27-17-23(44)10-14-33(27)57-37/h6-11,13-17,19,26,28-29,35-36,49H,5,12,18H2,1-4H3,(H,53,54). The number of carbonyl (C=O) groups excluding carboxylic acids is 4. The summed E-state index contributed by atoms with van der Waals surface area (Å²) in [5.74, 6) is -6.38. The number of aromatic carboxylic acids is 1. The fraction of sp³-hybridized carbons (Fsp3) is 0.302. The molecule has 3 aromatic carbocycles. The van der Waals surface area contributed by atoms with Crippen LogP contribution in [0.1, 0.15) is 54.1 Å². The maximum Gasteiger partial charge on any atom is 0.335 e. The topological polar surface area (TPSA) is 159 Å². The van der Waals surface area contributed by atoms with Gasteiger partial charge < -0.3 is 14.9 Å². The van der Waals surface area contributed by atoms with Gasteiger partial charge in [0.05, 0.1) is 45.9 Å². The van der Waals surface area contributed by atoms with Crippen molar-refractivity contribution < 1.29 is 38.9 Å². The fourth-order valence-corrected chi connectivity index (χ4v) is 11.2. The molecule has 2 saturated heterocycles. The number of thiophene rings is 1. The first kappa shape index (κ1) is 36.8. The maximum atomic E-state index is 15.2. The van der Waals surface area contributed by atoms with Crippen molar-refractivity contribution in [3.63, 3.8) is 0 Å². The minimum absolute atomic E-state index is 0.0619. The molecule has 9 rings (SSSR count). The predicted octanol–water partition coefficient (Wildman–Crippen LogP) is 7.50. The van der Waals surface area contributed by atoms with Crippen LogP contribution in [0.4, 0.5) is 11.5 Å². The van der Waals surface area contributed by atoms with Crippen molar-refractivity contribution in [3.05, 3.63) is 100 Å². The lowest BCUT2D eigenvalue weighted by molar-refractivity contribution is -0.131. The van der Waals surface area contributed by atoms with E-state index in [1.54, 1.807) is 50.4 Å². The van der Waals surface area contributed by atoms with Crippen molar-refractivity contribution in [2.45, 2.75) is 39.5 Å². The van der Waals surface area contributed by atoms with E-state index in [2.05, 4.69) is 0 Å². The minimum Gasteiger partial charge on any atom is -0.504 e. The molecular formula is C43H37ClN4O8S. The molecule has 14 heteroatoms. The van der Waals surface area contributed by atoms with Crippen LogP contribution >= 0.6 is 22.9 Å². The Morgan fingerprint density at radius 3 is 2.54 bits per heavy atom. The van der Waals surface area contributed by atoms with E-state index in [4.69, 9.17) is 21.4 Å². The van der Waals surface area contributed by atoms with Crippen LogP contribution in [0.5, 0.6) is 11.5 Å². The largest absolute Gasteiger partial charge is 0.504 e. The van der Waals surface area contributed by atoms with Crippen LogP contribution in [0.15, 0.2) is 78.4 Å². The molecule has 4 heterocycles. The van der Waals surface area contributed by atoms with Crippen LogP contribution in [-0.4, -0.2) is 56.2 Å². The second kappa shape index (κ2) is 13.1. The Bertz CT molecular complexity index is 2650. The Balaban J connectivity index is 1.16. The number of rotatable bonds is 7. The van der Waals surface area contributed by atoms with Gasteiger partial charge in [-0.05, 0) is 105 Å². The summed E-state index contributed by atoms with van der Waals surface area (Å²) in [6.45, 7) is 5.84. The molecule has 0 spiro atoms. The van der Waals surface area contributed by atoms with Gasteiger partial charge in [0.1, 0.15) is 11.5 Å². The molecule has 6 unspecified atom stereocenters. The van der Waals surface area contributed by atoms with Gasteiger partial charge >= 0.3 is 5.97 Å². The molecule has 57 heavy (non-hydrogen) atoms. The first-order valence-corrected chi connectivity index (χ1v) is 19.9. The van der Waals surface area contributed by atoms with Crippen LogP contribution in [-0.2, 0) is 26.2 Å². The number of halogens is 1. The average molecular weight is 805 g/mol. The van der Waals surface area contributed by atoms with Gasteiger partial charge in [0.25, 0.3) is 0 Å². The van der Waals surface area contributed by atoms with Crippen LogP contribution in [0.2, 0.25) is 5.02 Å². The number of aromatic hydroxyl groups is 1. The highest BCUT2D eigenvalue weighted by molar-refractivity contribution is 7.22. The van der Waals surface area contributed by atoms with E-state index in [0.29, 0.717) is 22.1 Å². The van der Waals surface area contributed by atoms with Crippen molar-refractivity contribution in [3.8, 4) is 22.1 Å². The number of anilines is 2. The van der Waals surface area contributed by atoms with Crippen molar-refractivity contribution in [1.29, 1.82) is 0 Å². The Labute approximate surface area is 335 Å². The second-order valence-corrected chi connectivity index (χ2v) is 16.9. The van der Waals surface area contributed by atoms with Gasteiger partial charge in [-0.2, -0.15) is 5.10 Å². The van der Waals surface area contributed by atoms with Crippen LogP contribution < -0.4 is 14.5 Å². The molecule has 12 nitrogen and oxygen atoms in total. The molecule has 290 valence electrons. The number of phenols is 1. The number of carboxylic acids is 1. The first-order chi connectivity index (χ1) is 27.2. The molecule has 4 aliphatic rings. The summed E-state index contributed by atoms with van der Waals surface area (Å²) in [7, 11) is 1.69. The highest BCUT2D eigenvalue weighted by atomic mass is 35.5. The number of imide groups is 2. The molecule has 0 bridgehead atoms. The number of allylic oxidation sites excluding steroid dienone is 2. The van der Waals surface area contributed by atoms with Gasteiger partial charge in [0.15, 0.2) is 11.5 Å². The molecule has 6 atom stereocenters. The zero-order valence-corrected chi connectivity index (χ0v) is 32.9. The number of hydrogen-bond donors (Lipinski definition) is 2. The molecule has 4 amide bonds. The number of aromatic nitrogens is 2. The Kier molecular flexibility index (Phi) is 8.49. The highest BCUT2D eigenvalue weighted by Crippen LogP contribution is 2.64. The van der Waals surface area contributed by atoms with Crippen molar-refractivity contribution in [2.24, 2.45) is 36.1 Å². The highest BCUT2D eigenvalue weighted by Gasteiger charge is 2.68. The van der Waals surface area contributed by atoms with Gasteiger partial charge in [-0.3, -0.25) is 28.8 Å². The molecule has 2 N–H and O–H groups in total. The smallest absolute Gasteiger partial charge is 0.335 e. The summed E-state index contributed by atoms with van der Waals surface area (Å²) in [6.07, 6.45) is 2.27. The number of carboxylic acid groups (broad SMARTS) is 1. The summed E-state index contributed by atoms with van der Waals surface area (Å²) < 4.78 is 8.34. The van der Waals surface area contributed by atoms with Crippen molar-refractivity contribution in [2.75, 3.05) is 16.4 Å². The van der Waals surface area contributed by atoms with E-state index in [0.717, 1.165) is 31.0 Å². The second-order valence-electron chi connectivity index (χ2n) is 15.4. The van der Waals surface area contributed by atoms with Crippen molar-refractivity contribution in [1.82, 2.24) is 9.78 Å². The number of amides is 4. The summed E-state index contributed by atoms with van der Waals surface area (Å²) >= 11 is 7.86. The lowest BCUT2D eigenvalue weighted by Gasteiger charge is -2.49. The third kappa shape index (κ3) is 5.31.